The highest BCUT2D eigenvalue weighted by atomic mass is 16.5. The van der Waals surface area contributed by atoms with Crippen LogP contribution in [0.15, 0.2) is 36.4 Å². The molecule has 4 aliphatic carbocycles. The molecule has 0 atom stereocenters. The Morgan fingerprint density at radius 2 is 1.35 bits per heavy atom. The van der Waals surface area contributed by atoms with E-state index >= 15 is 0 Å². The van der Waals surface area contributed by atoms with E-state index in [0.29, 0.717) is 35.7 Å². The van der Waals surface area contributed by atoms with Crippen LogP contribution >= 0.6 is 0 Å². The molecule has 164 valence electrons. The quantitative estimate of drug-likeness (QED) is 0.420. The summed E-state index contributed by atoms with van der Waals surface area (Å²) in [5, 5.41) is 1.60. The van der Waals surface area contributed by atoms with E-state index in [0.717, 1.165) is 30.0 Å². The van der Waals surface area contributed by atoms with Crippen molar-refractivity contribution in [2.24, 2.45) is 28.6 Å². The van der Waals surface area contributed by atoms with Gasteiger partial charge in [0.1, 0.15) is 11.5 Å². The molecule has 0 radical (unpaired) electrons. The van der Waals surface area contributed by atoms with E-state index < -0.39 is 5.41 Å². The lowest BCUT2D eigenvalue weighted by Crippen LogP contribution is -2.51. The number of ether oxygens (including phenoxy) is 2. The van der Waals surface area contributed by atoms with E-state index in [1.807, 2.05) is 45.0 Å². The molecule has 4 bridgehead atoms. The van der Waals surface area contributed by atoms with Crippen molar-refractivity contribution < 1.29 is 19.1 Å². The highest BCUT2D eigenvalue weighted by Crippen LogP contribution is 2.60. The number of carbonyl (C=O) groups excluding carboxylic acids is 2. The Bertz CT molecular complexity index is 999. The first-order valence-corrected chi connectivity index (χ1v) is 11.8. The zero-order valence-corrected chi connectivity index (χ0v) is 18.8. The Kier molecular flexibility index (Phi) is 4.87. The maximum atomic E-state index is 13.4. The number of benzene rings is 2. The van der Waals surface area contributed by atoms with Crippen molar-refractivity contribution >= 4 is 22.7 Å². The topological polar surface area (TPSA) is 52.6 Å². The Hall–Kier alpha value is -2.36. The Morgan fingerprint density at radius 1 is 0.871 bits per heavy atom. The van der Waals surface area contributed by atoms with Crippen LogP contribution in [0.25, 0.3) is 10.8 Å². The third-order valence-corrected chi connectivity index (χ3v) is 8.16. The smallest absolute Gasteiger partial charge is 0.317 e. The molecule has 2 aromatic rings. The lowest BCUT2D eigenvalue weighted by molar-refractivity contribution is -0.161. The highest BCUT2D eigenvalue weighted by molar-refractivity contribution is 5.96. The molecule has 0 spiro atoms. The maximum absolute atomic E-state index is 13.4. The number of hydrogen-bond acceptors (Lipinski definition) is 4. The van der Waals surface area contributed by atoms with Gasteiger partial charge in [-0.2, -0.15) is 0 Å². The minimum Gasteiger partial charge on any atom is -0.425 e. The average Bonchev–Trinajstić information content (AvgIpc) is 2.74. The normalized spacial score (nSPS) is 29.2. The summed E-state index contributed by atoms with van der Waals surface area (Å²) in [6.45, 7) is 5.75. The number of esters is 2. The second-order valence-corrected chi connectivity index (χ2v) is 10.8. The van der Waals surface area contributed by atoms with Gasteiger partial charge in [-0.1, -0.05) is 31.2 Å². The maximum Gasteiger partial charge on any atom is 0.317 e. The summed E-state index contributed by atoms with van der Waals surface area (Å²) in [6.07, 6.45) is 7.54. The molecule has 0 saturated heterocycles. The highest BCUT2D eigenvalue weighted by Gasteiger charge is 2.55. The van der Waals surface area contributed by atoms with E-state index in [1.165, 1.54) is 19.3 Å². The first kappa shape index (κ1) is 20.5. The summed E-state index contributed by atoms with van der Waals surface area (Å²) in [6, 6.07) is 11.2. The van der Waals surface area contributed by atoms with Gasteiger partial charge in [0.15, 0.2) is 0 Å². The molecule has 0 amide bonds. The van der Waals surface area contributed by atoms with Gasteiger partial charge in [0.2, 0.25) is 0 Å². The van der Waals surface area contributed by atoms with E-state index in [2.05, 4.69) is 0 Å². The summed E-state index contributed by atoms with van der Waals surface area (Å²) in [5.41, 5.74) is -0.850. The molecular weight excluding hydrogens is 388 g/mol. The van der Waals surface area contributed by atoms with Gasteiger partial charge < -0.3 is 9.47 Å². The third-order valence-electron chi connectivity index (χ3n) is 8.16. The summed E-state index contributed by atoms with van der Waals surface area (Å²) in [4.78, 5) is 26.1. The SMILES string of the molecule is CCC(C)(C)C(=O)Oc1ccc(OC(=O)C23CC4CC(CC(C4)C2)C3)c2ccccc12. The van der Waals surface area contributed by atoms with Crippen LogP contribution in [0.2, 0.25) is 0 Å². The molecule has 2 aromatic carbocycles. The van der Waals surface area contributed by atoms with E-state index in [-0.39, 0.29) is 17.4 Å². The zero-order chi connectivity index (χ0) is 21.8. The van der Waals surface area contributed by atoms with Crippen LogP contribution in [-0.2, 0) is 9.59 Å². The summed E-state index contributed by atoms with van der Waals surface area (Å²) >= 11 is 0. The van der Waals surface area contributed by atoms with Crippen molar-refractivity contribution in [3.8, 4) is 11.5 Å². The van der Waals surface area contributed by atoms with Gasteiger partial charge in [-0.15, -0.1) is 0 Å². The van der Waals surface area contributed by atoms with Gasteiger partial charge in [-0.25, -0.2) is 0 Å². The number of hydrogen-bond donors (Lipinski definition) is 0. The molecular formula is C27H32O4. The molecule has 4 heteroatoms. The number of carbonyl (C=O) groups is 2. The van der Waals surface area contributed by atoms with Crippen molar-refractivity contribution in [1.29, 1.82) is 0 Å². The Labute approximate surface area is 184 Å². The fourth-order valence-corrected chi connectivity index (χ4v) is 6.37. The predicted molar refractivity (Wildman–Crippen MR) is 120 cm³/mol. The molecule has 4 aliphatic rings. The molecule has 4 nitrogen and oxygen atoms in total. The summed E-state index contributed by atoms with van der Waals surface area (Å²) < 4.78 is 11.8. The van der Waals surface area contributed by atoms with Crippen LogP contribution in [0, 0.1) is 28.6 Å². The Balaban J connectivity index is 1.42. The lowest BCUT2D eigenvalue weighted by atomic mass is 9.49. The monoisotopic (exact) mass is 420 g/mol. The minimum atomic E-state index is -0.551. The van der Waals surface area contributed by atoms with E-state index in [4.69, 9.17) is 9.47 Å². The van der Waals surface area contributed by atoms with Crippen LogP contribution in [0.1, 0.15) is 65.7 Å². The zero-order valence-electron chi connectivity index (χ0n) is 18.8. The van der Waals surface area contributed by atoms with Crippen LogP contribution < -0.4 is 9.47 Å². The second kappa shape index (κ2) is 7.36. The van der Waals surface area contributed by atoms with Crippen LogP contribution in [0.5, 0.6) is 11.5 Å². The Morgan fingerprint density at radius 3 is 1.84 bits per heavy atom. The standard InChI is InChI=1S/C27H32O4/c1-4-26(2,3)24(28)30-22-9-10-23(21-8-6-5-7-20(21)22)31-25(29)27-14-17-11-18(15-27)13-19(12-17)16-27/h5-10,17-19H,4,11-16H2,1-3H3. The van der Waals surface area contributed by atoms with Gasteiger partial charge in [-0.05, 0) is 88.7 Å². The largest absolute Gasteiger partial charge is 0.425 e. The van der Waals surface area contributed by atoms with Crippen LogP contribution in [-0.4, -0.2) is 11.9 Å². The lowest BCUT2D eigenvalue weighted by Gasteiger charge is -2.55. The third kappa shape index (κ3) is 3.54. The summed E-state index contributed by atoms with van der Waals surface area (Å²) in [5.74, 6) is 2.84. The molecule has 4 fully saturated rings. The van der Waals surface area contributed by atoms with Crippen LogP contribution in [0.4, 0.5) is 0 Å². The first-order valence-electron chi connectivity index (χ1n) is 11.8. The van der Waals surface area contributed by atoms with Crippen molar-refractivity contribution in [1.82, 2.24) is 0 Å². The van der Waals surface area contributed by atoms with Gasteiger partial charge >= 0.3 is 11.9 Å². The van der Waals surface area contributed by atoms with Crippen molar-refractivity contribution in [2.45, 2.75) is 65.7 Å². The predicted octanol–water partition coefficient (Wildman–Crippen LogP) is 6.30. The molecule has 4 saturated carbocycles. The molecule has 31 heavy (non-hydrogen) atoms. The van der Waals surface area contributed by atoms with E-state index in [1.54, 1.807) is 12.1 Å². The fourth-order valence-electron chi connectivity index (χ4n) is 6.37. The fraction of sp³-hybridized carbons (Fsp3) is 0.556. The molecule has 0 unspecified atom stereocenters. The van der Waals surface area contributed by atoms with Crippen molar-refractivity contribution in [2.75, 3.05) is 0 Å². The molecule has 0 aliphatic heterocycles. The number of fused-ring (bicyclic) bond motifs is 1. The minimum absolute atomic E-state index is 0.0615. The molecule has 0 heterocycles. The second-order valence-electron chi connectivity index (χ2n) is 10.8. The van der Waals surface area contributed by atoms with Gasteiger partial charge in [-0.3, -0.25) is 9.59 Å². The molecule has 0 N–H and O–H groups in total. The average molecular weight is 421 g/mol. The van der Waals surface area contributed by atoms with Crippen LogP contribution in [0.3, 0.4) is 0 Å². The molecule has 0 aromatic heterocycles. The van der Waals surface area contributed by atoms with Gasteiger partial charge in [0.25, 0.3) is 0 Å². The van der Waals surface area contributed by atoms with Crippen molar-refractivity contribution in [3.05, 3.63) is 36.4 Å². The molecule has 6 rings (SSSR count). The van der Waals surface area contributed by atoms with Crippen molar-refractivity contribution in [3.63, 3.8) is 0 Å². The first-order chi connectivity index (χ1) is 14.8. The number of rotatable bonds is 5. The summed E-state index contributed by atoms with van der Waals surface area (Å²) in [7, 11) is 0. The van der Waals surface area contributed by atoms with E-state index in [9.17, 15) is 9.59 Å². The van der Waals surface area contributed by atoms with Gasteiger partial charge in [0.05, 0.1) is 10.8 Å². The van der Waals surface area contributed by atoms with Gasteiger partial charge in [0, 0.05) is 10.8 Å².